The number of carbonyl (C=O) groups excluding carboxylic acids is 1. The number of primary amides is 1. The van der Waals surface area contributed by atoms with Crippen LogP contribution in [0.25, 0.3) is 0 Å². The van der Waals surface area contributed by atoms with Gasteiger partial charge in [-0.05, 0) is 19.9 Å². The number of aromatic nitrogens is 2. The van der Waals surface area contributed by atoms with Gasteiger partial charge in [-0.2, -0.15) is 5.10 Å². The molecule has 90 valence electrons. The lowest BCUT2D eigenvalue weighted by Crippen LogP contribution is -2.46. The van der Waals surface area contributed by atoms with Gasteiger partial charge in [-0.3, -0.25) is 9.89 Å². The summed E-state index contributed by atoms with van der Waals surface area (Å²) in [7, 11) is -3.70. The SMILES string of the molecule is CC(C)(CC(N)=O)NS(=O)(=O)c1ccn[nH]1. The van der Waals surface area contributed by atoms with Gasteiger partial charge >= 0.3 is 0 Å². The van der Waals surface area contributed by atoms with Crippen molar-refractivity contribution in [1.82, 2.24) is 14.9 Å². The fourth-order valence-corrected chi connectivity index (χ4v) is 2.61. The van der Waals surface area contributed by atoms with Gasteiger partial charge in [0.05, 0.1) is 6.20 Å². The molecule has 8 heteroatoms. The van der Waals surface area contributed by atoms with E-state index < -0.39 is 21.5 Å². The first-order valence-electron chi connectivity index (χ1n) is 4.55. The van der Waals surface area contributed by atoms with Gasteiger partial charge in [0.1, 0.15) is 0 Å². The number of sulfonamides is 1. The van der Waals surface area contributed by atoms with Crippen LogP contribution in [0.5, 0.6) is 0 Å². The number of H-pyrrole nitrogens is 1. The molecule has 4 N–H and O–H groups in total. The number of rotatable bonds is 5. The van der Waals surface area contributed by atoms with Crippen LogP contribution in [0.4, 0.5) is 0 Å². The Morgan fingerprint density at radius 3 is 2.69 bits per heavy atom. The molecule has 7 nitrogen and oxygen atoms in total. The normalized spacial score (nSPS) is 12.6. The maximum atomic E-state index is 11.8. The molecule has 0 unspecified atom stereocenters. The predicted octanol–water partition coefficient (Wildman–Crippen LogP) is -0.658. The van der Waals surface area contributed by atoms with Gasteiger partial charge in [0.25, 0.3) is 10.0 Å². The number of nitrogens with two attached hydrogens (primary N) is 1. The summed E-state index contributed by atoms with van der Waals surface area (Å²) < 4.78 is 25.9. The maximum Gasteiger partial charge on any atom is 0.257 e. The van der Waals surface area contributed by atoms with Gasteiger partial charge < -0.3 is 5.73 Å². The number of carbonyl (C=O) groups is 1. The molecule has 1 aromatic rings. The lowest BCUT2D eigenvalue weighted by molar-refractivity contribution is -0.119. The van der Waals surface area contributed by atoms with E-state index in [0.717, 1.165) is 0 Å². The Labute approximate surface area is 93.5 Å². The van der Waals surface area contributed by atoms with Crippen molar-refractivity contribution in [1.29, 1.82) is 0 Å². The zero-order chi connectivity index (χ0) is 12.4. The van der Waals surface area contributed by atoms with Crippen LogP contribution in [-0.2, 0) is 14.8 Å². The smallest absolute Gasteiger partial charge is 0.257 e. The minimum Gasteiger partial charge on any atom is -0.370 e. The fraction of sp³-hybridized carbons (Fsp3) is 0.500. The number of nitrogens with zero attached hydrogens (tertiary/aromatic N) is 1. The van der Waals surface area contributed by atoms with Crippen LogP contribution < -0.4 is 10.5 Å². The number of hydrogen-bond acceptors (Lipinski definition) is 4. The van der Waals surface area contributed by atoms with Gasteiger partial charge in [0.15, 0.2) is 5.03 Å². The van der Waals surface area contributed by atoms with Gasteiger partial charge in [-0.1, -0.05) is 0 Å². The van der Waals surface area contributed by atoms with Crippen molar-refractivity contribution >= 4 is 15.9 Å². The zero-order valence-electron chi connectivity index (χ0n) is 9.02. The molecule has 0 bridgehead atoms. The summed E-state index contributed by atoms with van der Waals surface area (Å²) >= 11 is 0. The molecule has 1 aromatic heterocycles. The molecule has 0 atom stereocenters. The summed E-state index contributed by atoms with van der Waals surface area (Å²) in [6, 6.07) is 1.32. The molecule has 16 heavy (non-hydrogen) atoms. The molecule has 0 radical (unpaired) electrons. The standard InChI is InChI=1S/C8H14N4O3S/c1-8(2,5-6(9)13)12-16(14,15)7-3-4-10-11-7/h3-4,12H,5H2,1-2H3,(H2,9,13)(H,10,11). The first kappa shape index (κ1) is 12.7. The van der Waals surface area contributed by atoms with Crippen molar-refractivity contribution < 1.29 is 13.2 Å². The molecule has 0 aliphatic heterocycles. The molecular formula is C8H14N4O3S. The zero-order valence-corrected chi connectivity index (χ0v) is 9.84. The van der Waals surface area contributed by atoms with Crippen molar-refractivity contribution in [3.05, 3.63) is 12.3 Å². The Morgan fingerprint density at radius 2 is 2.25 bits per heavy atom. The lowest BCUT2D eigenvalue weighted by atomic mass is 10.0. The lowest BCUT2D eigenvalue weighted by Gasteiger charge is -2.23. The van der Waals surface area contributed by atoms with Gasteiger partial charge in [0, 0.05) is 12.0 Å². The molecule has 1 rings (SSSR count). The second-order valence-electron chi connectivity index (χ2n) is 4.05. The van der Waals surface area contributed by atoms with E-state index in [1.807, 2.05) is 0 Å². The van der Waals surface area contributed by atoms with Gasteiger partial charge in [0.2, 0.25) is 5.91 Å². The largest absolute Gasteiger partial charge is 0.370 e. The van der Waals surface area contributed by atoms with E-state index in [1.165, 1.54) is 12.3 Å². The Morgan fingerprint density at radius 1 is 1.62 bits per heavy atom. The monoisotopic (exact) mass is 246 g/mol. The van der Waals surface area contributed by atoms with Crippen molar-refractivity contribution in [2.45, 2.75) is 30.8 Å². The summed E-state index contributed by atoms with van der Waals surface area (Å²) in [6.07, 6.45) is 1.25. The third-order valence-corrected chi connectivity index (χ3v) is 3.42. The highest BCUT2D eigenvalue weighted by molar-refractivity contribution is 7.89. The molecule has 0 fully saturated rings. The maximum absolute atomic E-state index is 11.8. The Balaban J connectivity index is 2.85. The fourth-order valence-electron chi connectivity index (χ4n) is 1.28. The van der Waals surface area contributed by atoms with Crippen LogP contribution in [-0.4, -0.2) is 30.1 Å². The molecule has 1 heterocycles. The van der Waals surface area contributed by atoms with Crippen LogP contribution in [0.1, 0.15) is 20.3 Å². The van der Waals surface area contributed by atoms with Crippen LogP contribution >= 0.6 is 0 Å². The Kier molecular flexibility index (Phi) is 3.34. The molecule has 0 saturated carbocycles. The van der Waals surface area contributed by atoms with Gasteiger partial charge in [-0.15, -0.1) is 0 Å². The number of amides is 1. The van der Waals surface area contributed by atoms with Crippen molar-refractivity contribution in [2.24, 2.45) is 5.73 Å². The summed E-state index contributed by atoms with van der Waals surface area (Å²) in [6.45, 7) is 3.15. The van der Waals surface area contributed by atoms with E-state index in [0.29, 0.717) is 0 Å². The first-order chi connectivity index (χ1) is 7.23. The number of aromatic amines is 1. The van der Waals surface area contributed by atoms with E-state index in [2.05, 4.69) is 14.9 Å². The highest BCUT2D eigenvalue weighted by Gasteiger charge is 2.28. The predicted molar refractivity (Wildman–Crippen MR) is 56.8 cm³/mol. The molecule has 1 amide bonds. The molecular weight excluding hydrogens is 232 g/mol. The molecule has 0 aliphatic carbocycles. The van der Waals surface area contributed by atoms with Crippen LogP contribution in [0.3, 0.4) is 0 Å². The van der Waals surface area contributed by atoms with Crippen LogP contribution in [0, 0.1) is 0 Å². The molecule has 0 spiro atoms. The third-order valence-electron chi connectivity index (χ3n) is 1.79. The highest BCUT2D eigenvalue weighted by Crippen LogP contribution is 2.13. The quantitative estimate of drug-likeness (QED) is 0.639. The summed E-state index contributed by atoms with van der Waals surface area (Å²) in [5.41, 5.74) is 4.09. The summed E-state index contributed by atoms with van der Waals surface area (Å²) in [4.78, 5) is 10.8. The van der Waals surface area contributed by atoms with E-state index in [1.54, 1.807) is 13.8 Å². The van der Waals surface area contributed by atoms with Crippen molar-refractivity contribution in [2.75, 3.05) is 0 Å². The average Bonchev–Trinajstić information content (AvgIpc) is 2.48. The molecule has 0 aromatic carbocycles. The van der Waals surface area contributed by atoms with E-state index in [9.17, 15) is 13.2 Å². The van der Waals surface area contributed by atoms with E-state index in [4.69, 9.17) is 5.73 Å². The minimum atomic E-state index is -3.70. The first-order valence-corrected chi connectivity index (χ1v) is 6.03. The third kappa shape index (κ3) is 3.31. The average molecular weight is 246 g/mol. The Hall–Kier alpha value is -1.41. The second-order valence-corrected chi connectivity index (χ2v) is 5.70. The molecule has 0 saturated heterocycles. The highest BCUT2D eigenvalue weighted by atomic mass is 32.2. The van der Waals surface area contributed by atoms with E-state index >= 15 is 0 Å². The number of hydrogen-bond donors (Lipinski definition) is 3. The van der Waals surface area contributed by atoms with Crippen LogP contribution in [0.2, 0.25) is 0 Å². The van der Waals surface area contributed by atoms with E-state index in [-0.39, 0.29) is 11.4 Å². The van der Waals surface area contributed by atoms with Crippen molar-refractivity contribution in [3.63, 3.8) is 0 Å². The van der Waals surface area contributed by atoms with Crippen molar-refractivity contribution in [3.8, 4) is 0 Å². The molecule has 0 aliphatic rings. The summed E-state index contributed by atoms with van der Waals surface area (Å²) in [5.74, 6) is -0.572. The summed E-state index contributed by atoms with van der Waals surface area (Å²) in [5, 5.41) is 5.83. The topological polar surface area (TPSA) is 118 Å². The second kappa shape index (κ2) is 4.22. The minimum absolute atomic E-state index is 0.0509. The van der Waals surface area contributed by atoms with Crippen LogP contribution in [0.15, 0.2) is 17.3 Å². The number of nitrogens with one attached hydrogen (secondary N) is 2. The van der Waals surface area contributed by atoms with Gasteiger partial charge in [-0.25, -0.2) is 13.1 Å². The Bertz CT molecular complexity index is 463.